The SMILES string of the molecule is COc1ccc(COc2ccccc2N2CCN(CCCNC(=O)c3cccn3C)CC2)cc1OC. The van der Waals surface area contributed by atoms with E-state index in [1.165, 1.54) is 0 Å². The Kier molecular flexibility index (Phi) is 8.73. The third kappa shape index (κ3) is 6.31. The zero-order valence-electron chi connectivity index (χ0n) is 21.4. The van der Waals surface area contributed by atoms with Gasteiger partial charge < -0.3 is 29.0 Å². The summed E-state index contributed by atoms with van der Waals surface area (Å²) in [5.74, 6) is 2.27. The fraction of sp³-hybridized carbons (Fsp3) is 0.393. The van der Waals surface area contributed by atoms with Crippen LogP contribution < -0.4 is 24.4 Å². The number of aromatic nitrogens is 1. The number of aryl methyl sites for hydroxylation is 1. The molecule has 3 aromatic rings. The van der Waals surface area contributed by atoms with Gasteiger partial charge >= 0.3 is 0 Å². The van der Waals surface area contributed by atoms with Crippen molar-refractivity contribution in [2.45, 2.75) is 13.0 Å². The Labute approximate surface area is 213 Å². The molecule has 0 atom stereocenters. The van der Waals surface area contributed by atoms with Gasteiger partial charge in [0.05, 0.1) is 19.9 Å². The van der Waals surface area contributed by atoms with E-state index in [-0.39, 0.29) is 5.91 Å². The van der Waals surface area contributed by atoms with E-state index in [9.17, 15) is 4.79 Å². The molecule has 192 valence electrons. The van der Waals surface area contributed by atoms with Gasteiger partial charge in [-0.1, -0.05) is 18.2 Å². The summed E-state index contributed by atoms with van der Waals surface area (Å²) in [7, 11) is 5.15. The van der Waals surface area contributed by atoms with Gasteiger partial charge in [-0.2, -0.15) is 0 Å². The molecule has 1 aromatic heterocycles. The van der Waals surface area contributed by atoms with E-state index in [1.807, 2.05) is 60.3 Å². The van der Waals surface area contributed by atoms with Crippen LogP contribution >= 0.6 is 0 Å². The Bertz CT molecular complexity index is 1140. The van der Waals surface area contributed by atoms with Crippen molar-refractivity contribution < 1.29 is 19.0 Å². The predicted octanol–water partition coefficient (Wildman–Crippen LogP) is 3.56. The van der Waals surface area contributed by atoms with Crippen molar-refractivity contribution >= 4 is 11.6 Å². The van der Waals surface area contributed by atoms with Crippen LogP contribution in [0.5, 0.6) is 17.2 Å². The molecule has 36 heavy (non-hydrogen) atoms. The maximum Gasteiger partial charge on any atom is 0.267 e. The van der Waals surface area contributed by atoms with Gasteiger partial charge in [-0.15, -0.1) is 0 Å². The minimum absolute atomic E-state index is 0.0167. The molecule has 8 nitrogen and oxygen atoms in total. The summed E-state index contributed by atoms with van der Waals surface area (Å²) in [5, 5.41) is 3.02. The van der Waals surface area contributed by atoms with Crippen molar-refractivity contribution in [2.24, 2.45) is 7.05 Å². The number of nitrogens with zero attached hydrogens (tertiary/aromatic N) is 3. The number of anilines is 1. The summed E-state index contributed by atoms with van der Waals surface area (Å²) in [5.41, 5.74) is 2.83. The molecule has 2 aromatic carbocycles. The Morgan fingerprint density at radius 2 is 1.69 bits per heavy atom. The molecule has 1 aliphatic heterocycles. The molecule has 1 amide bonds. The first-order valence-electron chi connectivity index (χ1n) is 12.4. The highest BCUT2D eigenvalue weighted by Crippen LogP contribution is 2.31. The molecule has 8 heteroatoms. The lowest BCUT2D eigenvalue weighted by Crippen LogP contribution is -2.47. The van der Waals surface area contributed by atoms with Crippen molar-refractivity contribution in [2.75, 3.05) is 58.4 Å². The van der Waals surface area contributed by atoms with E-state index in [4.69, 9.17) is 14.2 Å². The van der Waals surface area contributed by atoms with E-state index in [1.54, 1.807) is 14.2 Å². The van der Waals surface area contributed by atoms with Crippen molar-refractivity contribution in [3.05, 3.63) is 72.1 Å². The number of benzene rings is 2. The first-order valence-corrected chi connectivity index (χ1v) is 12.4. The number of amides is 1. The molecule has 0 spiro atoms. The number of hydrogen-bond donors (Lipinski definition) is 1. The Balaban J connectivity index is 1.24. The lowest BCUT2D eigenvalue weighted by Gasteiger charge is -2.36. The molecule has 1 aliphatic rings. The molecular weight excluding hydrogens is 456 g/mol. The second-order valence-electron chi connectivity index (χ2n) is 8.89. The van der Waals surface area contributed by atoms with Crippen LogP contribution in [0.3, 0.4) is 0 Å². The fourth-order valence-corrected chi connectivity index (χ4v) is 4.48. The van der Waals surface area contributed by atoms with Crippen LogP contribution in [0.25, 0.3) is 0 Å². The number of nitrogens with one attached hydrogen (secondary N) is 1. The van der Waals surface area contributed by atoms with E-state index >= 15 is 0 Å². The van der Waals surface area contributed by atoms with Gasteiger partial charge in [-0.05, 0) is 54.9 Å². The quantitative estimate of drug-likeness (QED) is 0.413. The van der Waals surface area contributed by atoms with Gasteiger partial charge in [0.15, 0.2) is 11.5 Å². The van der Waals surface area contributed by atoms with Crippen LogP contribution in [0, 0.1) is 0 Å². The summed E-state index contributed by atoms with van der Waals surface area (Å²) >= 11 is 0. The van der Waals surface area contributed by atoms with Crippen molar-refractivity contribution in [3.63, 3.8) is 0 Å². The molecule has 0 radical (unpaired) electrons. The molecule has 0 saturated carbocycles. The van der Waals surface area contributed by atoms with Crippen LogP contribution in [-0.2, 0) is 13.7 Å². The number of para-hydroxylation sites is 2. The zero-order valence-corrected chi connectivity index (χ0v) is 21.4. The molecule has 0 unspecified atom stereocenters. The molecule has 1 N–H and O–H groups in total. The molecule has 1 saturated heterocycles. The maximum absolute atomic E-state index is 12.2. The number of piperazine rings is 1. The van der Waals surface area contributed by atoms with Crippen LogP contribution in [0.1, 0.15) is 22.5 Å². The summed E-state index contributed by atoms with van der Waals surface area (Å²) < 4.78 is 18.8. The lowest BCUT2D eigenvalue weighted by molar-refractivity contribution is 0.0943. The highest BCUT2D eigenvalue weighted by Gasteiger charge is 2.20. The van der Waals surface area contributed by atoms with Gasteiger partial charge in [0.25, 0.3) is 5.91 Å². The molecule has 1 fully saturated rings. The number of ether oxygens (including phenoxy) is 3. The van der Waals surface area contributed by atoms with Crippen LogP contribution in [-0.4, -0.2) is 68.9 Å². The first kappa shape index (κ1) is 25.4. The van der Waals surface area contributed by atoms with Crippen molar-refractivity contribution in [1.82, 2.24) is 14.8 Å². The van der Waals surface area contributed by atoms with Crippen LogP contribution in [0.2, 0.25) is 0 Å². The minimum atomic E-state index is -0.0167. The van der Waals surface area contributed by atoms with E-state index in [2.05, 4.69) is 27.2 Å². The Morgan fingerprint density at radius 3 is 2.42 bits per heavy atom. The second-order valence-corrected chi connectivity index (χ2v) is 8.89. The van der Waals surface area contributed by atoms with Crippen LogP contribution in [0.15, 0.2) is 60.8 Å². The average Bonchev–Trinajstić information content (AvgIpc) is 3.36. The van der Waals surface area contributed by atoms with Gasteiger partial charge in [0.1, 0.15) is 18.1 Å². The third-order valence-electron chi connectivity index (χ3n) is 6.53. The smallest absolute Gasteiger partial charge is 0.267 e. The Hall–Kier alpha value is -3.65. The number of methoxy groups -OCH3 is 2. The fourth-order valence-electron chi connectivity index (χ4n) is 4.48. The minimum Gasteiger partial charge on any atom is -0.493 e. The summed E-state index contributed by atoms with van der Waals surface area (Å²) in [6, 6.07) is 17.8. The largest absolute Gasteiger partial charge is 0.493 e. The number of carbonyl (C=O) groups excluding carboxylic acids is 1. The van der Waals surface area contributed by atoms with E-state index in [0.717, 1.165) is 56.1 Å². The highest BCUT2D eigenvalue weighted by atomic mass is 16.5. The zero-order chi connectivity index (χ0) is 25.3. The monoisotopic (exact) mass is 492 g/mol. The van der Waals surface area contributed by atoms with Crippen molar-refractivity contribution in [1.29, 1.82) is 0 Å². The third-order valence-corrected chi connectivity index (χ3v) is 6.53. The van der Waals surface area contributed by atoms with Gasteiger partial charge in [0, 0.05) is 46.0 Å². The first-order chi connectivity index (χ1) is 17.6. The van der Waals surface area contributed by atoms with Gasteiger partial charge in [0.2, 0.25) is 0 Å². The lowest BCUT2D eigenvalue weighted by atomic mass is 10.2. The maximum atomic E-state index is 12.2. The molecular formula is C28H36N4O4. The highest BCUT2D eigenvalue weighted by molar-refractivity contribution is 5.92. The van der Waals surface area contributed by atoms with Gasteiger partial charge in [-0.3, -0.25) is 9.69 Å². The van der Waals surface area contributed by atoms with E-state index < -0.39 is 0 Å². The topological polar surface area (TPSA) is 68.2 Å². The van der Waals surface area contributed by atoms with Crippen LogP contribution in [0.4, 0.5) is 5.69 Å². The molecule has 0 aliphatic carbocycles. The van der Waals surface area contributed by atoms with Gasteiger partial charge in [-0.25, -0.2) is 0 Å². The predicted molar refractivity (Wildman–Crippen MR) is 141 cm³/mol. The average molecular weight is 493 g/mol. The summed E-state index contributed by atoms with van der Waals surface area (Å²) in [6.07, 6.45) is 2.81. The number of rotatable bonds is 11. The number of carbonyl (C=O) groups is 1. The molecule has 2 heterocycles. The Morgan fingerprint density at radius 1 is 0.917 bits per heavy atom. The summed E-state index contributed by atoms with van der Waals surface area (Å²) in [4.78, 5) is 17.1. The normalized spacial score (nSPS) is 13.9. The van der Waals surface area contributed by atoms with Crippen molar-refractivity contribution in [3.8, 4) is 17.2 Å². The summed E-state index contributed by atoms with van der Waals surface area (Å²) in [6.45, 7) is 5.94. The second kappa shape index (κ2) is 12.4. The standard InChI is InChI=1S/C28H36N4O4/c1-30-14-6-9-24(30)28(33)29-13-7-15-31-16-18-32(19-17-31)23-8-4-5-10-25(23)36-21-22-11-12-26(34-2)27(20-22)35-3/h4-6,8-12,14,20H,7,13,15-19,21H2,1-3H3,(H,29,33). The molecule has 4 rings (SSSR count). The molecule has 0 bridgehead atoms. The number of hydrogen-bond acceptors (Lipinski definition) is 6. The van der Waals surface area contributed by atoms with E-state index in [0.29, 0.717) is 30.3 Å².